The van der Waals surface area contributed by atoms with Crippen LogP contribution in [0.3, 0.4) is 0 Å². The van der Waals surface area contributed by atoms with E-state index in [0.717, 1.165) is 11.4 Å². The maximum absolute atomic E-state index is 5.49. The van der Waals surface area contributed by atoms with E-state index in [1.54, 1.807) is 18.6 Å². The molecule has 1 heterocycles. The van der Waals surface area contributed by atoms with Crippen LogP contribution in [0, 0.1) is 0 Å². The van der Waals surface area contributed by atoms with Crippen LogP contribution in [0.25, 0.3) is 0 Å². The van der Waals surface area contributed by atoms with Crippen molar-refractivity contribution in [1.29, 1.82) is 0 Å². The van der Waals surface area contributed by atoms with Crippen molar-refractivity contribution in [3.8, 4) is 5.75 Å². The monoisotopic (exact) mass is 186 g/mol. The molecule has 0 aliphatic heterocycles. The number of rotatable bonds is 3. The minimum atomic E-state index is 0.456. The molecule has 14 heavy (non-hydrogen) atoms. The van der Waals surface area contributed by atoms with Crippen LogP contribution in [0.1, 0.15) is 5.69 Å². The molecule has 0 unspecified atom stereocenters. The van der Waals surface area contributed by atoms with Crippen molar-refractivity contribution in [3.05, 3.63) is 54.6 Å². The number of aromatic nitrogens is 2. The Hall–Kier alpha value is -1.90. The second-order valence-electron chi connectivity index (χ2n) is 2.80. The molecule has 0 radical (unpaired) electrons. The normalized spacial score (nSPS) is 9.71. The average molecular weight is 186 g/mol. The number of ether oxygens (including phenoxy) is 1. The quantitative estimate of drug-likeness (QED) is 0.735. The minimum absolute atomic E-state index is 0.456. The van der Waals surface area contributed by atoms with Crippen molar-refractivity contribution in [3.63, 3.8) is 0 Å². The molecule has 0 aliphatic rings. The predicted molar refractivity (Wildman–Crippen MR) is 52.8 cm³/mol. The number of nitrogens with zero attached hydrogens (tertiary/aromatic N) is 2. The molecular formula is C11H10N2O. The molecule has 1 aromatic carbocycles. The molecule has 3 heteroatoms. The van der Waals surface area contributed by atoms with E-state index < -0.39 is 0 Å². The summed E-state index contributed by atoms with van der Waals surface area (Å²) in [5.74, 6) is 0.846. The van der Waals surface area contributed by atoms with E-state index in [9.17, 15) is 0 Å². The first-order chi connectivity index (χ1) is 6.95. The molecule has 0 saturated heterocycles. The second-order valence-corrected chi connectivity index (χ2v) is 2.80. The summed E-state index contributed by atoms with van der Waals surface area (Å²) in [7, 11) is 0. The van der Waals surface area contributed by atoms with Crippen LogP contribution >= 0.6 is 0 Å². The van der Waals surface area contributed by atoms with Gasteiger partial charge in [0.15, 0.2) is 0 Å². The summed E-state index contributed by atoms with van der Waals surface area (Å²) in [5, 5.41) is 0. The Morgan fingerprint density at radius 3 is 2.64 bits per heavy atom. The highest BCUT2D eigenvalue weighted by atomic mass is 16.5. The van der Waals surface area contributed by atoms with Gasteiger partial charge in [0.25, 0.3) is 0 Å². The van der Waals surface area contributed by atoms with Crippen LogP contribution in [0.4, 0.5) is 0 Å². The van der Waals surface area contributed by atoms with Crippen LogP contribution in [0.5, 0.6) is 5.75 Å². The fourth-order valence-electron chi connectivity index (χ4n) is 1.08. The predicted octanol–water partition coefficient (Wildman–Crippen LogP) is 2.06. The lowest BCUT2D eigenvalue weighted by Crippen LogP contribution is -1.97. The fraction of sp³-hybridized carbons (Fsp3) is 0.0909. The highest BCUT2D eigenvalue weighted by molar-refractivity contribution is 5.21. The first-order valence-electron chi connectivity index (χ1n) is 4.38. The van der Waals surface area contributed by atoms with E-state index in [1.165, 1.54) is 0 Å². The molecule has 0 fully saturated rings. The Morgan fingerprint density at radius 1 is 1.07 bits per heavy atom. The zero-order chi connectivity index (χ0) is 9.64. The van der Waals surface area contributed by atoms with Crippen molar-refractivity contribution in [2.45, 2.75) is 6.61 Å². The van der Waals surface area contributed by atoms with Crippen LogP contribution in [0.2, 0.25) is 0 Å². The summed E-state index contributed by atoms with van der Waals surface area (Å²) >= 11 is 0. The van der Waals surface area contributed by atoms with E-state index in [-0.39, 0.29) is 0 Å². The lowest BCUT2D eigenvalue weighted by Gasteiger charge is -2.03. The van der Waals surface area contributed by atoms with Gasteiger partial charge in [-0.2, -0.15) is 0 Å². The maximum atomic E-state index is 5.49. The summed E-state index contributed by atoms with van der Waals surface area (Å²) in [6, 6.07) is 9.65. The van der Waals surface area contributed by atoms with Gasteiger partial charge in [-0.15, -0.1) is 0 Å². The lowest BCUT2D eigenvalue weighted by molar-refractivity contribution is 0.301. The van der Waals surface area contributed by atoms with Gasteiger partial charge < -0.3 is 4.74 Å². The Labute approximate surface area is 82.4 Å². The van der Waals surface area contributed by atoms with Gasteiger partial charge in [-0.3, -0.25) is 9.97 Å². The van der Waals surface area contributed by atoms with Crippen LogP contribution in [-0.2, 0) is 6.61 Å². The molecular weight excluding hydrogens is 176 g/mol. The van der Waals surface area contributed by atoms with Crippen molar-refractivity contribution in [2.24, 2.45) is 0 Å². The third-order valence-corrected chi connectivity index (χ3v) is 1.75. The topological polar surface area (TPSA) is 35.0 Å². The van der Waals surface area contributed by atoms with Gasteiger partial charge in [-0.25, -0.2) is 0 Å². The molecule has 0 saturated carbocycles. The van der Waals surface area contributed by atoms with Crippen LogP contribution in [-0.4, -0.2) is 9.97 Å². The van der Waals surface area contributed by atoms with Gasteiger partial charge in [-0.1, -0.05) is 18.2 Å². The van der Waals surface area contributed by atoms with Gasteiger partial charge in [0.2, 0.25) is 0 Å². The average Bonchev–Trinajstić information content (AvgIpc) is 2.29. The summed E-state index contributed by atoms with van der Waals surface area (Å²) < 4.78 is 5.49. The summed E-state index contributed by atoms with van der Waals surface area (Å²) in [6.45, 7) is 0.456. The zero-order valence-electron chi connectivity index (χ0n) is 7.63. The van der Waals surface area contributed by atoms with Gasteiger partial charge in [0, 0.05) is 12.4 Å². The molecule has 0 spiro atoms. The van der Waals surface area contributed by atoms with Crippen molar-refractivity contribution >= 4 is 0 Å². The minimum Gasteiger partial charge on any atom is -0.487 e. The molecule has 0 N–H and O–H groups in total. The first-order valence-corrected chi connectivity index (χ1v) is 4.38. The zero-order valence-corrected chi connectivity index (χ0v) is 7.63. The molecule has 0 bridgehead atoms. The SMILES string of the molecule is c1ccc(OCc2cnccn2)cc1. The fourth-order valence-corrected chi connectivity index (χ4v) is 1.08. The summed E-state index contributed by atoms with van der Waals surface area (Å²) in [6.07, 6.45) is 5.00. The Morgan fingerprint density at radius 2 is 1.93 bits per heavy atom. The molecule has 0 aliphatic carbocycles. The highest BCUT2D eigenvalue weighted by Gasteiger charge is 1.94. The first kappa shape index (κ1) is 8.69. The highest BCUT2D eigenvalue weighted by Crippen LogP contribution is 2.09. The third-order valence-electron chi connectivity index (χ3n) is 1.75. The van der Waals surface area contributed by atoms with E-state index in [1.807, 2.05) is 30.3 Å². The Kier molecular flexibility index (Phi) is 2.71. The number of para-hydroxylation sites is 1. The molecule has 70 valence electrons. The lowest BCUT2D eigenvalue weighted by atomic mass is 10.3. The molecule has 2 rings (SSSR count). The number of benzene rings is 1. The maximum Gasteiger partial charge on any atom is 0.132 e. The molecule has 0 atom stereocenters. The van der Waals surface area contributed by atoms with E-state index in [4.69, 9.17) is 4.74 Å². The van der Waals surface area contributed by atoms with Gasteiger partial charge >= 0.3 is 0 Å². The molecule has 0 amide bonds. The molecule has 2 aromatic rings. The Bertz CT molecular complexity index is 336. The van der Waals surface area contributed by atoms with Crippen molar-refractivity contribution < 1.29 is 4.74 Å². The third kappa shape index (κ3) is 2.29. The van der Waals surface area contributed by atoms with Crippen molar-refractivity contribution in [1.82, 2.24) is 9.97 Å². The second kappa shape index (κ2) is 4.37. The molecule has 3 nitrogen and oxygen atoms in total. The van der Waals surface area contributed by atoms with E-state index in [0.29, 0.717) is 6.61 Å². The van der Waals surface area contributed by atoms with Gasteiger partial charge in [-0.05, 0) is 12.1 Å². The van der Waals surface area contributed by atoms with E-state index >= 15 is 0 Å². The van der Waals surface area contributed by atoms with Crippen LogP contribution in [0.15, 0.2) is 48.9 Å². The standard InChI is InChI=1S/C11H10N2O/c1-2-4-11(5-3-1)14-9-10-8-12-6-7-13-10/h1-8H,9H2. The molecule has 1 aromatic heterocycles. The Balaban J connectivity index is 1.96. The summed E-state index contributed by atoms with van der Waals surface area (Å²) in [5.41, 5.74) is 0.830. The van der Waals surface area contributed by atoms with Gasteiger partial charge in [0.1, 0.15) is 12.4 Å². The number of hydrogen-bond donors (Lipinski definition) is 0. The largest absolute Gasteiger partial charge is 0.487 e. The van der Waals surface area contributed by atoms with E-state index in [2.05, 4.69) is 9.97 Å². The van der Waals surface area contributed by atoms with Crippen molar-refractivity contribution in [2.75, 3.05) is 0 Å². The number of hydrogen-bond acceptors (Lipinski definition) is 3. The smallest absolute Gasteiger partial charge is 0.132 e. The van der Waals surface area contributed by atoms with Gasteiger partial charge in [0.05, 0.1) is 11.9 Å². The van der Waals surface area contributed by atoms with Crippen LogP contribution < -0.4 is 4.74 Å². The summed E-state index contributed by atoms with van der Waals surface area (Å²) in [4.78, 5) is 8.06.